The van der Waals surface area contributed by atoms with E-state index in [0.29, 0.717) is 38.2 Å². The van der Waals surface area contributed by atoms with E-state index in [0.717, 1.165) is 51.1 Å². The molecule has 1 aliphatic heterocycles. The van der Waals surface area contributed by atoms with Crippen LogP contribution in [0, 0.1) is 0 Å². The van der Waals surface area contributed by atoms with Crippen molar-refractivity contribution in [1.82, 2.24) is 19.7 Å². The predicted octanol–water partition coefficient (Wildman–Crippen LogP) is 8.98. The first-order valence-electron chi connectivity index (χ1n) is 17.9. The number of thiophene rings is 1. The van der Waals surface area contributed by atoms with Gasteiger partial charge in [-0.15, -0.1) is 11.3 Å². The maximum Gasteiger partial charge on any atom is 0.416 e. The van der Waals surface area contributed by atoms with Crippen LogP contribution in [-0.2, 0) is 35.3 Å². The van der Waals surface area contributed by atoms with Gasteiger partial charge in [0.25, 0.3) is 0 Å². The Morgan fingerprint density at radius 1 is 0.796 bits per heavy atom. The first-order valence-corrected chi connectivity index (χ1v) is 18.8. The molecule has 3 heterocycles. The summed E-state index contributed by atoms with van der Waals surface area (Å²) in [4.78, 5) is 39.4. The summed E-state index contributed by atoms with van der Waals surface area (Å²) in [6, 6.07) is 35.6. The molecule has 0 radical (unpaired) electrons. The number of rotatable bonds is 11. The molecule has 6 aromatic rings. The number of nitrogens with zero attached hydrogens (tertiary/aromatic N) is 4. The zero-order valence-electron chi connectivity index (χ0n) is 29.5. The van der Waals surface area contributed by atoms with Gasteiger partial charge in [-0.2, -0.15) is 13.2 Å². The number of carbonyl (C=O) groups excluding carboxylic acids is 2. The van der Waals surface area contributed by atoms with Gasteiger partial charge in [-0.1, -0.05) is 91.0 Å². The lowest BCUT2D eigenvalue weighted by molar-refractivity contribution is -0.145. The molecule has 0 aliphatic carbocycles. The van der Waals surface area contributed by atoms with Gasteiger partial charge in [-0.25, -0.2) is 0 Å². The topological polar surface area (TPSA) is 56.8 Å². The van der Waals surface area contributed by atoms with Gasteiger partial charge in [-0.05, 0) is 69.4 Å². The summed E-state index contributed by atoms with van der Waals surface area (Å²) in [6.07, 6.45) is 0.434. The highest BCUT2D eigenvalue weighted by atomic mass is 32.1. The number of fused-ring (bicyclic) bond motifs is 1. The Morgan fingerprint density at radius 2 is 1.50 bits per heavy atom. The van der Waals surface area contributed by atoms with Crippen LogP contribution in [0.4, 0.5) is 13.2 Å². The van der Waals surface area contributed by atoms with Crippen LogP contribution in [0.25, 0.3) is 27.4 Å². The lowest BCUT2D eigenvalue weighted by Gasteiger charge is -2.39. The van der Waals surface area contributed by atoms with E-state index in [1.807, 2.05) is 89.8 Å². The lowest BCUT2D eigenvalue weighted by Crippen LogP contribution is -2.56. The molecule has 2 amide bonds. The zero-order valence-corrected chi connectivity index (χ0v) is 30.3. The second-order valence-electron chi connectivity index (χ2n) is 13.4. The van der Waals surface area contributed by atoms with Crippen molar-refractivity contribution in [2.45, 2.75) is 31.7 Å². The van der Waals surface area contributed by atoms with Crippen LogP contribution in [0.3, 0.4) is 0 Å². The fourth-order valence-corrected chi connectivity index (χ4v) is 7.78. The molecule has 2 aromatic heterocycles. The minimum absolute atomic E-state index is 0.133. The SMILES string of the molecule is O=C([C@H](Cc1csc2ccccc12)N(Cc1ccc(-c2ccccn2)cc1)C(=O)C=Cc1ccc(C(F)(F)F)cc1)N1CCN(Cc2ccccc2)CC1. The normalized spacial score (nSPS) is 14.4. The number of alkyl halides is 3. The Labute approximate surface area is 316 Å². The quantitative estimate of drug-likeness (QED) is 0.124. The number of benzene rings is 4. The molecule has 0 spiro atoms. The van der Waals surface area contributed by atoms with E-state index >= 15 is 0 Å². The minimum Gasteiger partial charge on any atom is -0.338 e. The van der Waals surface area contributed by atoms with Gasteiger partial charge < -0.3 is 9.80 Å². The van der Waals surface area contributed by atoms with Gasteiger partial charge in [0.05, 0.1) is 11.3 Å². The van der Waals surface area contributed by atoms with Crippen LogP contribution in [0.5, 0.6) is 0 Å². The van der Waals surface area contributed by atoms with E-state index in [-0.39, 0.29) is 12.5 Å². The number of piperazine rings is 1. The van der Waals surface area contributed by atoms with Crippen molar-refractivity contribution in [3.8, 4) is 11.3 Å². The lowest BCUT2D eigenvalue weighted by atomic mass is 10.00. The van der Waals surface area contributed by atoms with E-state index < -0.39 is 23.7 Å². The number of pyridine rings is 1. The van der Waals surface area contributed by atoms with Crippen molar-refractivity contribution in [1.29, 1.82) is 0 Å². The third kappa shape index (κ3) is 8.95. The first-order chi connectivity index (χ1) is 26.2. The Hall–Kier alpha value is -5.58. The molecule has 54 heavy (non-hydrogen) atoms. The summed E-state index contributed by atoms with van der Waals surface area (Å²) in [5.41, 5.74) is 4.44. The van der Waals surface area contributed by atoms with Crippen LogP contribution in [0.2, 0.25) is 0 Å². The summed E-state index contributed by atoms with van der Waals surface area (Å²) in [5.74, 6) is -0.546. The summed E-state index contributed by atoms with van der Waals surface area (Å²) in [7, 11) is 0. The molecule has 1 fully saturated rings. The highest BCUT2D eigenvalue weighted by Gasteiger charge is 2.35. The number of hydrogen-bond acceptors (Lipinski definition) is 5. The van der Waals surface area contributed by atoms with Crippen molar-refractivity contribution < 1.29 is 22.8 Å². The van der Waals surface area contributed by atoms with E-state index in [9.17, 15) is 22.8 Å². The number of hydrogen-bond donors (Lipinski definition) is 0. The second kappa shape index (κ2) is 16.6. The van der Waals surface area contributed by atoms with Crippen molar-refractivity contribution in [3.63, 3.8) is 0 Å². The number of aromatic nitrogens is 1. The molecular weight excluding hydrogens is 706 g/mol. The third-order valence-electron chi connectivity index (χ3n) is 9.78. The Kier molecular flexibility index (Phi) is 11.3. The molecule has 10 heteroatoms. The van der Waals surface area contributed by atoms with Gasteiger partial charge in [0.1, 0.15) is 6.04 Å². The molecular formula is C44H39F3N4O2S. The average Bonchev–Trinajstić information content (AvgIpc) is 3.62. The molecule has 6 nitrogen and oxygen atoms in total. The average molecular weight is 745 g/mol. The third-order valence-corrected chi connectivity index (χ3v) is 10.8. The fraction of sp³-hybridized carbons (Fsp3) is 0.205. The standard InChI is InChI=1S/C44H39F3N4O2S/c45-44(46,47)37-20-15-32(16-21-37)17-22-42(52)51(30-34-13-18-35(19-14-34)39-11-6-7-23-48-39)40(28-36-31-54-41-12-5-4-10-38(36)41)43(53)50-26-24-49(25-27-50)29-33-8-2-1-3-9-33/h1-23,31,40H,24-30H2/t40-/m0/s1. The molecule has 4 aromatic carbocycles. The molecule has 7 rings (SSSR count). The summed E-state index contributed by atoms with van der Waals surface area (Å²) in [5, 5.41) is 3.10. The molecule has 1 aliphatic rings. The molecule has 0 saturated carbocycles. The highest BCUT2D eigenvalue weighted by molar-refractivity contribution is 7.17. The summed E-state index contributed by atoms with van der Waals surface area (Å²) >= 11 is 1.60. The van der Waals surface area contributed by atoms with Gasteiger partial charge >= 0.3 is 6.18 Å². The van der Waals surface area contributed by atoms with E-state index in [4.69, 9.17) is 0 Å². The van der Waals surface area contributed by atoms with Crippen LogP contribution < -0.4 is 0 Å². The highest BCUT2D eigenvalue weighted by Crippen LogP contribution is 2.31. The van der Waals surface area contributed by atoms with Crippen molar-refractivity contribution in [2.24, 2.45) is 0 Å². The van der Waals surface area contributed by atoms with Crippen LogP contribution in [0.1, 0.15) is 27.8 Å². The molecule has 0 bridgehead atoms. The molecule has 1 saturated heterocycles. The Bertz CT molecular complexity index is 2200. The number of halogens is 3. The largest absolute Gasteiger partial charge is 0.416 e. The predicted molar refractivity (Wildman–Crippen MR) is 208 cm³/mol. The maximum atomic E-state index is 14.8. The maximum absolute atomic E-state index is 14.8. The van der Waals surface area contributed by atoms with Crippen LogP contribution in [0.15, 0.2) is 139 Å². The smallest absolute Gasteiger partial charge is 0.338 e. The van der Waals surface area contributed by atoms with E-state index in [1.165, 1.54) is 29.8 Å². The van der Waals surface area contributed by atoms with Crippen LogP contribution in [-0.4, -0.2) is 63.7 Å². The number of carbonyl (C=O) groups is 2. The van der Waals surface area contributed by atoms with Gasteiger partial charge in [0.15, 0.2) is 0 Å². The van der Waals surface area contributed by atoms with Crippen LogP contribution >= 0.6 is 11.3 Å². The molecule has 0 unspecified atom stereocenters. The van der Waals surface area contributed by atoms with Crippen molar-refractivity contribution in [3.05, 3.63) is 167 Å². The summed E-state index contributed by atoms with van der Waals surface area (Å²) < 4.78 is 40.8. The van der Waals surface area contributed by atoms with Gasteiger partial charge in [0.2, 0.25) is 11.8 Å². The molecule has 1 atom stereocenters. The van der Waals surface area contributed by atoms with E-state index in [2.05, 4.69) is 27.4 Å². The first kappa shape index (κ1) is 36.8. The molecule has 0 N–H and O–H groups in total. The molecule has 274 valence electrons. The van der Waals surface area contributed by atoms with E-state index in [1.54, 1.807) is 22.4 Å². The summed E-state index contributed by atoms with van der Waals surface area (Å²) in [6.45, 7) is 3.38. The Balaban J connectivity index is 1.20. The Morgan fingerprint density at radius 3 is 2.20 bits per heavy atom. The fourth-order valence-electron chi connectivity index (χ4n) is 6.81. The monoisotopic (exact) mass is 744 g/mol. The zero-order chi connectivity index (χ0) is 37.5. The second-order valence-corrected chi connectivity index (χ2v) is 14.3. The number of amides is 2. The van der Waals surface area contributed by atoms with Gasteiger partial charge in [0, 0.05) is 68.2 Å². The minimum atomic E-state index is -4.46. The van der Waals surface area contributed by atoms with Crippen molar-refractivity contribution >= 4 is 39.3 Å². The van der Waals surface area contributed by atoms with Crippen molar-refractivity contribution in [2.75, 3.05) is 26.2 Å². The van der Waals surface area contributed by atoms with Gasteiger partial charge in [-0.3, -0.25) is 19.5 Å².